The Hall–Kier alpha value is -2.24. The first-order chi connectivity index (χ1) is 9.58. The molecule has 1 aromatic carbocycles. The van der Waals surface area contributed by atoms with Crippen molar-refractivity contribution in [2.75, 3.05) is 20.8 Å². The number of nitrogens with zero attached hydrogens (tertiary/aromatic N) is 1. The summed E-state index contributed by atoms with van der Waals surface area (Å²) in [7, 11) is 3.00. The highest BCUT2D eigenvalue weighted by atomic mass is 16.5. The Bertz CT molecular complexity index is 528. The van der Waals surface area contributed by atoms with Gasteiger partial charge in [0, 0.05) is 12.1 Å². The number of carboxylic acid groups (broad SMARTS) is 1. The van der Waals surface area contributed by atoms with Crippen molar-refractivity contribution in [1.29, 1.82) is 0 Å². The van der Waals surface area contributed by atoms with Gasteiger partial charge in [-0.15, -0.1) is 0 Å². The minimum atomic E-state index is -0.962. The third kappa shape index (κ3) is 2.54. The first kappa shape index (κ1) is 14.2. The average Bonchev–Trinajstić information content (AvgIpc) is 2.95. The molecule has 20 heavy (non-hydrogen) atoms. The largest absolute Gasteiger partial charge is 0.493 e. The van der Waals surface area contributed by atoms with Crippen LogP contribution in [0.5, 0.6) is 11.5 Å². The van der Waals surface area contributed by atoms with Gasteiger partial charge in [-0.1, -0.05) is 0 Å². The second-order valence-electron chi connectivity index (χ2n) is 4.56. The molecule has 0 aromatic heterocycles. The van der Waals surface area contributed by atoms with Gasteiger partial charge in [0.05, 0.1) is 14.2 Å². The molecule has 1 heterocycles. The molecule has 1 aromatic rings. The van der Waals surface area contributed by atoms with Crippen molar-refractivity contribution in [2.24, 2.45) is 0 Å². The van der Waals surface area contributed by atoms with Gasteiger partial charge in [-0.25, -0.2) is 4.79 Å². The molecule has 0 bridgehead atoms. The fraction of sp³-hybridized carbons (Fsp3) is 0.429. The highest BCUT2D eigenvalue weighted by Crippen LogP contribution is 2.29. The molecule has 1 aliphatic rings. The van der Waals surface area contributed by atoms with E-state index in [0.717, 1.165) is 0 Å². The molecule has 1 saturated heterocycles. The van der Waals surface area contributed by atoms with Crippen LogP contribution in [0.3, 0.4) is 0 Å². The van der Waals surface area contributed by atoms with E-state index in [1.165, 1.54) is 19.1 Å². The van der Waals surface area contributed by atoms with Crippen LogP contribution in [-0.4, -0.2) is 48.7 Å². The number of ether oxygens (including phenoxy) is 2. The zero-order chi connectivity index (χ0) is 14.7. The molecule has 0 aliphatic carbocycles. The molecule has 2 rings (SSSR count). The van der Waals surface area contributed by atoms with E-state index in [2.05, 4.69) is 0 Å². The summed E-state index contributed by atoms with van der Waals surface area (Å²) < 4.78 is 10.3. The van der Waals surface area contributed by atoms with Gasteiger partial charge in [0.1, 0.15) is 6.04 Å². The Morgan fingerprint density at radius 3 is 2.55 bits per heavy atom. The van der Waals surface area contributed by atoms with Gasteiger partial charge in [-0.2, -0.15) is 0 Å². The third-order valence-corrected chi connectivity index (χ3v) is 3.43. The molecule has 0 radical (unpaired) electrons. The molecule has 1 atom stereocenters. The number of rotatable bonds is 4. The Morgan fingerprint density at radius 2 is 1.95 bits per heavy atom. The van der Waals surface area contributed by atoms with E-state index in [9.17, 15) is 9.59 Å². The van der Waals surface area contributed by atoms with Gasteiger partial charge in [-0.3, -0.25) is 4.79 Å². The molecular formula is C14H17NO5. The van der Waals surface area contributed by atoms with Gasteiger partial charge in [0.25, 0.3) is 5.91 Å². The van der Waals surface area contributed by atoms with Crippen molar-refractivity contribution < 1.29 is 24.2 Å². The van der Waals surface area contributed by atoms with Crippen LogP contribution in [0, 0.1) is 0 Å². The summed E-state index contributed by atoms with van der Waals surface area (Å²) in [5.74, 6) is -0.281. The lowest BCUT2D eigenvalue weighted by molar-refractivity contribution is -0.141. The summed E-state index contributed by atoms with van der Waals surface area (Å²) in [6, 6.07) is 4.08. The second kappa shape index (κ2) is 5.81. The lowest BCUT2D eigenvalue weighted by Crippen LogP contribution is -2.40. The smallest absolute Gasteiger partial charge is 0.326 e. The van der Waals surface area contributed by atoms with E-state index in [-0.39, 0.29) is 5.91 Å². The number of aliphatic carboxylic acids is 1. The van der Waals surface area contributed by atoms with Crippen LogP contribution in [0.4, 0.5) is 0 Å². The summed E-state index contributed by atoms with van der Waals surface area (Å²) >= 11 is 0. The summed E-state index contributed by atoms with van der Waals surface area (Å²) in [5.41, 5.74) is 0.399. The van der Waals surface area contributed by atoms with Crippen molar-refractivity contribution in [1.82, 2.24) is 4.90 Å². The quantitative estimate of drug-likeness (QED) is 0.901. The molecular weight excluding hydrogens is 262 g/mol. The summed E-state index contributed by atoms with van der Waals surface area (Å²) in [5, 5.41) is 9.12. The van der Waals surface area contributed by atoms with Gasteiger partial charge in [-0.05, 0) is 31.0 Å². The van der Waals surface area contributed by atoms with Crippen LogP contribution in [0.2, 0.25) is 0 Å². The molecule has 6 heteroatoms. The zero-order valence-corrected chi connectivity index (χ0v) is 11.5. The highest BCUT2D eigenvalue weighted by Gasteiger charge is 2.34. The maximum absolute atomic E-state index is 12.4. The lowest BCUT2D eigenvalue weighted by atomic mass is 10.1. The fourth-order valence-electron chi connectivity index (χ4n) is 2.40. The number of hydrogen-bond acceptors (Lipinski definition) is 4. The van der Waals surface area contributed by atoms with Crippen LogP contribution in [0.25, 0.3) is 0 Å². The number of benzene rings is 1. The third-order valence-electron chi connectivity index (χ3n) is 3.43. The van der Waals surface area contributed by atoms with Crippen LogP contribution in [-0.2, 0) is 4.79 Å². The van der Waals surface area contributed by atoms with E-state index >= 15 is 0 Å². The van der Waals surface area contributed by atoms with Crippen LogP contribution < -0.4 is 9.47 Å². The van der Waals surface area contributed by atoms with Gasteiger partial charge in [0.2, 0.25) is 0 Å². The lowest BCUT2D eigenvalue weighted by Gasteiger charge is -2.21. The van der Waals surface area contributed by atoms with E-state index in [4.69, 9.17) is 14.6 Å². The van der Waals surface area contributed by atoms with E-state index in [1.54, 1.807) is 18.2 Å². The number of carbonyl (C=O) groups excluding carboxylic acids is 1. The first-order valence-electron chi connectivity index (χ1n) is 6.34. The normalized spacial score (nSPS) is 17.9. The molecule has 1 amide bonds. The Morgan fingerprint density at radius 1 is 1.25 bits per heavy atom. The molecule has 1 aliphatic heterocycles. The summed E-state index contributed by atoms with van der Waals surface area (Å²) in [6.07, 6.45) is 1.20. The van der Waals surface area contributed by atoms with Crippen molar-refractivity contribution in [3.05, 3.63) is 23.8 Å². The predicted octanol–water partition coefficient (Wildman–Crippen LogP) is 1.39. The Labute approximate surface area is 116 Å². The number of amides is 1. The summed E-state index contributed by atoms with van der Waals surface area (Å²) in [4.78, 5) is 24.9. The monoisotopic (exact) mass is 279 g/mol. The number of carbonyl (C=O) groups is 2. The fourth-order valence-corrected chi connectivity index (χ4v) is 2.40. The van der Waals surface area contributed by atoms with Crippen molar-refractivity contribution in [3.8, 4) is 11.5 Å². The number of hydrogen-bond donors (Lipinski definition) is 1. The topological polar surface area (TPSA) is 76.1 Å². The van der Waals surface area contributed by atoms with Crippen molar-refractivity contribution in [3.63, 3.8) is 0 Å². The minimum absolute atomic E-state index is 0.296. The number of likely N-dealkylation sites (tertiary alicyclic amines) is 1. The van der Waals surface area contributed by atoms with E-state index in [1.807, 2.05) is 0 Å². The van der Waals surface area contributed by atoms with Crippen LogP contribution in [0.1, 0.15) is 23.2 Å². The number of methoxy groups -OCH3 is 2. The number of carboxylic acids is 1. The van der Waals surface area contributed by atoms with E-state index in [0.29, 0.717) is 36.4 Å². The van der Waals surface area contributed by atoms with Crippen LogP contribution in [0.15, 0.2) is 18.2 Å². The summed E-state index contributed by atoms with van der Waals surface area (Å²) in [6.45, 7) is 0.462. The molecule has 108 valence electrons. The average molecular weight is 279 g/mol. The van der Waals surface area contributed by atoms with Crippen LogP contribution >= 0.6 is 0 Å². The molecule has 1 N–H and O–H groups in total. The maximum Gasteiger partial charge on any atom is 0.326 e. The van der Waals surface area contributed by atoms with Gasteiger partial charge in [0.15, 0.2) is 11.5 Å². The van der Waals surface area contributed by atoms with Crippen molar-refractivity contribution >= 4 is 11.9 Å². The first-order valence-corrected chi connectivity index (χ1v) is 6.34. The standard InChI is InChI=1S/C14H17NO5/c1-19-11-6-5-9(8-12(11)20-2)13(16)15-7-3-4-10(15)14(17)18/h5-6,8,10H,3-4,7H2,1-2H3,(H,17,18)/t10-/m0/s1. The molecule has 0 saturated carbocycles. The SMILES string of the molecule is COc1ccc(C(=O)N2CCC[C@H]2C(=O)O)cc1OC. The minimum Gasteiger partial charge on any atom is -0.493 e. The Balaban J connectivity index is 2.27. The van der Waals surface area contributed by atoms with Gasteiger partial charge >= 0.3 is 5.97 Å². The van der Waals surface area contributed by atoms with E-state index < -0.39 is 12.0 Å². The zero-order valence-electron chi connectivity index (χ0n) is 11.5. The molecule has 0 spiro atoms. The maximum atomic E-state index is 12.4. The highest BCUT2D eigenvalue weighted by molar-refractivity contribution is 5.97. The molecule has 0 unspecified atom stereocenters. The molecule has 6 nitrogen and oxygen atoms in total. The van der Waals surface area contributed by atoms with Gasteiger partial charge < -0.3 is 19.5 Å². The second-order valence-corrected chi connectivity index (χ2v) is 4.56. The molecule has 1 fully saturated rings. The Kier molecular flexibility index (Phi) is 4.12. The predicted molar refractivity (Wildman–Crippen MR) is 71.2 cm³/mol. The van der Waals surface area contributed by atoms with Crippen molar-refractivity contribution in [2.45, 2.75) is 18.9 Å².